The first kappa shape index (κ1) is 12.2. The highest BCUT2D eigenvalue weighted by Gasteiger charge is 2.29. The van der Waals surface area contributed by atoms with Crippen molar-refractivity contribution in [2.75, 3.05) is 20.1 Å². The topological polar surface area (TPSA) is 40.6 Å². The minimum atomic E-state index is -0.0563. The molecule has 1 saturated heterocycles. The maximum Gasteiger partial charge on any atom is 0.230 e. The van der Waals surface area contributed by atoms with Gasteiger partial charge in [-0.1, -0.05) is 0 Å². The highest BCUT2D eigenvalue weighted by atomic mass is 16.2. The lowest BCUT2D eigenvalue weighted by molar-refractivity contribution is -0.138. The Bertz CT molecular complexity index is 253. The van der Waals surface area contributed by atoms with E-state index in [1.807, 2.05) is 0 Å². The van der Waals surface area contributed by atoms with Crippen LogP contribution in [-0.4, -0.2) is 53.7 Å². The van der Waals surface area contributed by atoms with E-state index >= 15 is 0 Å². The van der Waals surface area contributed by atoms with Gasteiger partial charge in [0.25, 0.3) is 0 Å². The van der Waals surface area contributed by atoms with Gasteiger partial charge in [0.1, 0.15) is 5.78 Å². The van der Waals surface area contributed by atoms with Gasteiger partial charge in [-0.3, -0.25) is 14.5 Å². The number of nitrogens with zero attached hydrogens (tertiary/aromatic N) is 2. The largest absolute Gasteiger partial charge is 0.339 e. The number of rotatable bonds is 2. The molecular formula is C11H20N2O2. The Morgan fingerprint density at radius 3 is 2.07 bits per heavy atom. The van der Waals surface area contributed by atoms with Crippen molar-refractivity contribution in [2.45, 2.75) is 39.3 Å². The molecule has 15 heavy (non-hydrogen) atoms. The van der Waals surface area contributed by atoms with E-state index in [-0.39, 0.29) is 18.1 Å². The van der Waals surface area contributed by atoms with Crippen LogP contribution in [-0.2, 0) is 9.59 Å². The van der Waals surface area contributed by atoms with Crippen LogP contribution in [0.15, 0.2) is 0 Å². The number of piperazine rings is 1. The average molecular weight is 212 g/mol. The van der Waals surface area contributed by atoms with Gasteiger partial charge in [0.2, 0.25) is 5.91 Å². The van der Waals surface area contributed by atoms with E-state index < -0.39 is 0 Å². The van der Waals surface area contributed by atoms with Gasteiger partial charge in [-0.15, -0.1) is 0 Å². The predicted molar refractivity (Wildman–Crippen MR) is 58.6 cm³/mol. The van der Waals surface area contributed by atoms with E-state index in [4.69, 9.17) is 0 Å². The van der Waals surface area contributed by atoms with Crippen LogP contribution in [0.2, 0.25) is 0 Å². The maximum absolute atomic E-state index is 11.7. The molecule has 1 fully saturated rings. The van der Waals surface area contributed by atoms with Gasteiger partial charge < -0.3 is 4.90 Å². The number of carbonyl (C=O) groups excluding carboxylic acids is 2. The second-order valence-electron chi connectivity index (χ2n) is 4.54. The lowest BCUT2D eigenvalue weighted by Crippen LogP contribution is -2.56. The van der Waals surface area contributed by atoms with Crippen molar-refractivity contribution in [3.8, 4) is 0 Å². The molecule has 2 unspecified atom stereocenters. The molecule has 0 aromatic heterocycles. The first-order chi connectivity index (χ1) is 6.91. The summed E-state index contributed by atoms with van der Waals surface area (Å²) in [5, 5.41) is 0. The van der Waals surface area contributed by atoms with Crippen LogP contribution < -0.4 is 0 Å². The number of Topliss-reactive ketones (excluding diaryl/α,β-unsaturated/α-hetero) is 1. The molecule has 0 aliphatic carbocycles. The van der Waals surface area contributed by atoms with Crippen LogP contribution in [0.1, 0.15) is 27.2 Å². The molecule has 0 bridgehead atoms. The number of hydrogen-bond acceptors (Lipinski definition) is 3. The van der Waals surface area contributed by atoms with Crippen molar-refractivity contribution >= 4 is 11.7 Å². The van der Waals surface area contributed by atoms with Crippen LogP contribution in [0.25, 0.3) is 0 Å². The smallest absolute Gasteiger partial charge is 0.230 e. The highest BCUT2D eigenvalue weighted by Crippen LogP contribution is 2.14. The summed E-state index contributed by atoms with van der Waals surface area (Å²) in [6.45, 7) is 7.12. The van der Waals surface area contributed by atoms with E-state index in [2.05, 4.69) is 25.8 Å². The van der Waals surface area contributed by atoms with Crippen LogP contribution >= 0.6 is 0 Å². The molecule has 86 valence electrons. The third-order valence-electron chi connectivity index (χ3n) is 3.11. The zero-order valence-electron chi connectivity index (χ0n) is 9.99. The summed E-state index contributed by atoms with van der Waals surface area (Å²) in [5.41, 5.74) is 0. The second-order valence-corrected chi connectivity index (χ2v) is 4.54. The Hall–Kier alpha value is -0.900. The monoisotopic (exact) mass is 212 g/mol. The fourth-order valence-electron chi connectivity index (χ4n) is 1.93. The summed E-state index contributed by atoms with van der Waals surface area (Å²) in [5.74, 6) is -0.0893. The summed E-state index contributed by atoms with van der Waals surface area (Å²) in [7, 11) is 2.07. The molecule has 0 saturated carbocycles. The molecule has 0 aromatic rings. The number of ketones is 1. The van der Waals surface area contributed by atoms with Gasteiger partial charge in [0, 0.05) is 25.2 Å². The van der Waals surface area contributed by atoms with Crippen LogP contribution in [0, 0.1) is 0 Å². The van der Waals surface area contributed by atoms with Gasteiger partial charge in [-0.2, -0.15) is 0 Å². The Labute approximate surface area is 91.2 Å². The van der Waals surface area contributed by atoms with Gasteiger partial charge in [0.05, 0.1) is 6.42 Å². The Kier molecular flexibility index (Phi) is 3.85. The summed E-state index contributed by atoms with van der Waals surface area (Å²) in [4.78, 5) is 26.6. The predicted octanol–water partition coefficient (Wildman–Crippen LogP) is 0.516. The zero-order valence-corrected chi connectivity index (χ0v) is 9.99. The fraction of sp³-hybridized carbons (Fsp3) is 0.818. The van der Waals surface area contributed by atoms with Crippen molar-refractivity contribution in [1.82, 2.24) is 9.80 Å². The maximum atomic E-state index is 11.7. The Balaban J connectivity index is 2.57. The van der Waals surface area contributed by atoms with Gasteiger partial charge in [-0.25, -0.2) is 0 Å². The third kappa shape index (κ3) is 3.02. The molecule has 4 heteroatoms. The van der Waals surface area contributed by atoms with E-state index in [0.29, 0.717) is 12.1 Å². The fourth-order valence-corrected chi connectivity index (χ4v) is 1.93. The molecule has 1 aliphatic heterocycles. The molecule has 1 amide bonds. The van der Waals surface area contributed by atoms with Crippen LogP contribution in [0.5, 0.6) is 0 Å². The minimum absolute atomic E-state index is 0.0331. The van der Waals surface area contributed by atoms with Crippen molar-refractivity contribution in [2.24, 2.45) is 0 Å². The molecule has 0 N–H and O–H groups in total. The molecule has 2 atom stereocenters. The first-order valence-corrected chi connectivity index (χ1v) is 5.41. The Morgan fingerprint density at radius 1 is 1.20 bits per heavy atom. The van der Waals surface area contributed by atoms with Crippen LogP contribution in [0.4, 0.5) is 0 Å². The van der Waals surface area contributed by atoms with E-state index in [1.54, 1.807) is 4.90 Å². The second kappa shape index (κ2) is 4.75. The van der Waals surface area contributed by atoms with E-state index in [1.165, 1.54) is 6.92 Å². The summed E-state index contributed by atoms with van der Waals surface area (Å²) >= 11 is 0. The minimum Gasteiger partial charge on any atom is -0.339 e. The highest BCUT2D eigenvalue weighted by molar-refractivity contribution is 5.96. The average Bonchev–Trinajstić information content (AvgIpc) is 2.12. The van der Waals surface area contributed by atoms with Crippen LogP contribution in [0.3, 0.4) is 0 Å². The zero-order chi connectivity index (χ0) is 11.6. The molecule has 1 aliphatic rings. The van der Waals surface area contributed by atoms with Crippen molar-refractivity contribution in [1.29, 1.82) is 0 Å². The van der Waals surface area contributed by atoms with Crippen molar-refractivity contribution in [3.05, 3.63) is 0 Å². The van der Waals surface area contributed by atoms with Crippen molar-refractivity contribution in [3.63, 3.8) is 0 Å². The molecule has 1 heterocycles. The molecule has 0 spiro atoms. The quantitative estimate of drug-likeness (QED) is 0.626. The molecular weight excluding hydrogens is 192 g/mol. The summed E-state index contributed by atoms with van der Waals surface area (Å²) in [6.07, 6.45) is 0.0448. The Morgan fingerprint density at radius 2 is 1.67 bits per heavy atom. The van der Waals surface area contributed by atoms with E-state index in [0.717, 1.165) is 13.1 Å². The summed E-state index contributed by atoms with van der Waals surface area (Å²) < 4.78 is 0. The lowest BCUT2D eigenvalue weighted by atomic mass is 10.1. The first-order valence-electron chi connectivity index (χ1n) is 5.41. The van der Waals surface area contributed by atoms with Gasteiger partial charge in [0.15, 0.2) is 0 Å². The number of hydrogen-bond donors (Lipinski definition) is 0. The molecule has 0 radical (unpaired) electrons. The lowest BCUT2D eigenvalue weighted by Gasteiger charge is -2.42. The number of amides is 1. The van der Waals surface area contributed by atoms with Gasteiger partial charge >= 0.3 is 0 Å². The van der Waals surface area contributed by atoms with E-state index in [9.17, 15) is 9.59 Å². The third-order valence-corrected chi connectivity index (χ3v) is 3.11. The number of likely N-dealkylation sites (N-methyl/N-ethyl adjacent to an activating group) is 1. The molecule has 4 nitrogen and oxygen atoms in total. The number of carbonyl (C=O) groups is 2. The normalized spacial score (nSPS) is 27.9. The summed E-state index contributed by atoms with van der Waals surface area (Å²) in [6, 6.07) is 0.731. The molecule has 1 rings (SSSR count). The SMILES string of the molecule is CC(=O)CC(=O)N1CC(C)N(C)C(C)C1. The molecule has 0 aromatic carbocycles. The van der Waals surface area contributed by atoms with Crippen molar-refractivity contribution < 1.29 is 9.59 Å². The van der Waals surface area contributed by atoms with Gasteiger partial charge in [-0.05, 0) is 27.8 Å². The standard InChI is InChI=1S/C11H20N2O2/c1-8-6-13(7-9(2)12(8)4)11(15)5-10(3)14/h8-9H,5-7H2,1-4H3.